The summed E-state index contributed by atoms with van der Waals surface area (Å²) in [6.45, 7) is 6.48. The Morgan fingerprint density at radius 1 is 1.06 bits per heavy atom. The lowest BCUT2D eigenvalue weighted by molar-refractivity contribution is -0.124. The highest BCUT2D eigenvalue weighted by molar-refractivity contribution is 6.30. The van der Waals surface area contributed by atoms with Gasteiger partial charge in [-0.15, -0.1) is 0 Å². The quantitative estimate of drug-likeness (QED) is 0.447. The molecule has 0 fully saturated rings. The number of methoxy groups -OCH3 is 1. The second-order valence-electron chi connectivity index (χ2n) is 8.83. The van der Waals surface area contributed by atoms with Crippen molar-refractivity contribution in [1.29, 1.82) is 0 Å². The van der Waals surface area contributed by atoms with E-state index in [9.17, 15) is 9.59 Å². The van der Waals surface area contributed by atoms with Crippen molar-refractivity contribution >= 4 is 34.8 Å². The fourth-order valence-electron chi connectivity index (χ4n) is 4.93. The standard InChI is InChI=1S/C28H29ClN2O3/c1-5-30(22-14-12-21(29)13-15-22)27(33)28(3)18-19(2)31(25-9-7-6-8-24(25)28)26(32)20-10-16-23(34-4)17-11-20/h6-17,19H,5,18H2,1-4H3/t19-,28-/m1/s1. The summed E-state index contributed by atoms with van der Waals surface area (Å²) < 4.78 is 5.23. The van der Waals surface area contributed by atoms with E-state index in [4.69, 9.17) is 16.3 Å². The molecule has 2 atom stereocenters. The predicted molar refractivity (Wildman–Crippen MR) is 137 cm³/mol. The summed E-state index contributed by atoms with van der Waals surface area (Å²) in [5, 5.41) is 0.628. The van der Waals surface area contributed by atoms with Crippen LogP contribution < -0.4 is 14.5 Å². The number of likely N-dealkylation sites (N-methyl/N-ethyl adjacent to an activating group) is 1. The number of amides is 2. The molecule has 0 N–H and O–H groups in total. The third-order valence-electron chi connectivity index (χ3n) is 6.63. The molecule has 3 aromatic carbocycles. The van der Waals surface area contributed by atoms with Crippen molar-refractivity contribution < 1.29 is 14.3 Å². The van der Waals surface area contributed by atoms with Gasteiger partial charge in [0.05, 0.1) is 12.5 Å². The summed E-state index contributed by atoms with van der Waals surface area (Å²) in [6.07, 6.45) is 0.509. The Bertz CT molecular complexity index is 1190. The summed E-state index contributed by atoms with van der Waals surface area (Å²) in [4.78, 5) is 31.2. The van der Waals surface area contributed by atoms with Gasteiger partial charge in [0, 0.05) is 34.5 Å². The second kappa shape index (κ2) is 9.51. The van der Waals surface area contributed by atoms with Gasteiger partial charge in [0.1, 0.15) is 5.75 Å². The zero-order valence-corrected chi connectivity index (χ0v) is 20.7. The first-order chi connectivity index (χ1) is 16.3. The van der Waals surface area contributed by atoms with Crippen LogP contribution in [0.4, 0.5) is 11.4 Å². The average Bonchev–Trinajstić information content (AvgIpc) is 2.85. The minimum absolute atomic E-state index is 0.00756. The van der Waals surface area contributed by atoms with E-state index in [1.165, 1.54) is 0 Å². The number of ether oxygens (including phenoxy) is 1. The Labute approximate surface area is 205 Å². The largest absolute Gasteiger partial charge is 0.497 e. The molecule has 0 aromatic heterocycles. The van der Waals surface area contributed by atoms with Crippen molar-refractivity contribution in [3.63, 3.8) is 0 Å². The predicted octanol–water partition coefficient (Wildman–Crippen LogP) is 6.10. The van der Waals surface area contributed by atoms with Gasteiger partial charge in [0.15, 0.2) is 0 Å². The first-order valence-electron chi connectivity index (χ1n) is 11.4. The Hall–Kier alpha value is -3.31. The number of fused-ring (bicyclic) bond motifs is 1. The summed E-state index contributed by atoms with van der Waals surface area (Å²) in [7, 11) is 1.60. The lowest BCUT2D eigenvalue weighted by atomic mass is 9.72. The third kappa shape index (κ3) is 4.16. The number of carbonyl (C=O) groups is 2. The number of nitrogens with zero attached hydrogens (tertiary/aromatic N) is 2. The third-order valence-corrected chi connectivity index (χ3v) is 6.88. The van der Waals surface area contributed by atoms with E-state index in [1.807, 2.05) is 62.1 Å². The molecular weight excluding hydrogens is 448 g/mol. The molecule has 6 heteroatoms. The fourth-order valence-corrected chi connectivity index (χ4v) is 5.05. The molecule has 0 aliphatic carbocycles. The van der Waals surface area contributed by atoms with E-state index < -0.39 is 5.41 Å². The van der Waals surface area contributed by atoms with Crippen LogP contribution in [-0.2, 0) is 10.2 Å². The van der Waals surface area contributed by atoms with Crippen molar-refractivity contribution in [2.45, 2.75) is 38.6 Å². The normalized spacial score (nSPS) is 19.3. The highest BCUT2D eigenvalue weighted by Gasteiger charge is 2.47. The van der Waals surface area contributed by atoms with Crippen LogP contribution in [0.25, 0.3) is 0 Å². The average molecular weight is 477 g/mol. The maximum Gasteiger partial charge on any atom is 0.258 e. The number of halogens is 1. The smallest absolute Gasteiger partial charge is 0.258 e. The van der Waals surface area contributed by atoms with Gasteiger partial charge in [-0.05, 0) is 87.4 Å². The first kappa shape index (κ1) is 23.8. The van der Waals surface area contributed by atoms with E-state index in [-0.39, 0.29) is 17.9 Å². The maximum atomic E-state index is 14.0. The number of rotatable bonds is 5. The molecule has 1 heterocycles. The van der Waals surface area contributed by atoms with Gasteiger partial charge in [0.25, 0.3) is 5.91 Å². The van der Waals surface area contributed by atoms with Crippen LogP contribution in [0, 0.1) is 0 Å². The zero-order valence-electron chi connectivity index (χ0n) is 19.9. The van der Waals surface area contributed by atoms with Gasteiger partial charge in [-0.25, -0.2) is 0 Å². The molecule has 1 aliphatic heterocycles. The molecule has 0 bridgehead atoms. The van der Waals surface area contributed by atoms with Crippen LogP contribution in [0.5, 0.6) is 5.75 Å². The first-order valence-corrected chi connectivity index (χ1v) is 11.8. The summed E-state index contributed by atoms with van der Waals surface area (Å²) >= 11 is 6.07. The molecule has 176 valence electrons. The SMILES string of the molecule is CCN(C(=O)[C@]1(C)C[C@@H](C)N(C(=O)c2ccc(OC)cc2)c2ccccc21)c1ccc(Cl)cc1. The van der Waals surface area contributed by atoms with Gasteiger partial charge >= 0.3 is 0 Å². The Morgan fingerprint density at radius 2 is 1.71 bits per heavy atom. The molecule has 0 radical (unpaired) electrons. The molecular formula is C28H29ClN2O3. The molecule has 5 nitrogen and oxygen atoms in total. The van der Waals surface area contributed by atoms with E-state index in [1.54, 1.807) is 48.4 Å². The number of hydrogen-bond donors (Lipinski definition) is 0. The van der Waals surface area contributed by atoms with E-state index in [0.717, 1.165) is 16.9 Å². The van der Waals surface area contributed by atoms with Crippen molar-refractivity contribution in [3.8, 4) is 5.75 Å². The molecule has 0 unspecified atom stereocenters. The molecule has 4 rings (SSSR count). The highest BCUT2D eigenvalue weighted by atomic mass is 35.5. The zero-order chi connectivity index (χ0) is 24.5. The minimum atomic E-state index is -0.789. The molecule has 0 spiro atoms. The number of anilines is 2. The summed E-state index contributed by atoms with van der Waals surface area (Å²) in [5.74, 6) is 0.610. The number of benzene rings is 3. The summed E-state index contributed by atoms with van der Waals surface area (Å²) in [5.41, 5.74) is 2.22. The van der Waals surface area contributed by atoms with Crippen LogP contribution in [0.15, 0.2) is 72.8 Å². The highest BCUT2D eigenvalue weighted by Crippen LogP contribution is 2.45. The van der Waals surface area contributed by atoms with Gasteiger partial charge < -0.3 is 14.5 Å². The molecule has 34 heavy (non-hydrogen) atoms. The molecule has 3 aromatic rings. The van der Waals surface area contributed by atoms with Crippen LogP contribution >= 0.6 is 11.6 Å². The van der Waals surface area contributed by atoms with Gasteiger partial charge in [-0.3, -0.25) is 9.59 Å². The van der Waals surface area contributed by atoms with Gasteiger partial charge in [-0.2, -0.15) is 0 Å². The Balaban J connectivity index is 1.74. The van der Waals surface area contributed by atoms with Crippen LogP contribution in [0.1, 0.15) is 43.1 Å². The van der Waals surface area contributed by atoms with Crippen molar-refractivity contribution in [1.82, 2.24) is 0 Å². The van der Waals surface area contributed by atoms with E-state index in [2.05, 4.69) is 0 Å². The second-order valence-corrected chi connectivity index (χ2v) is 9.27. The molecule has 0 saturated carbocycles. The lowest BCUT2D eigenvalue weighted by Gasteiger charge is -2.45. The van der Waals surface area contributed by atoms with Crippen LogP contribution in [0.3, 0.4) is 0 Å². The van der Waals surface area contributed by atoms with Crippen molar-refractivity contribution in [2.75, 3.05) is 23.5 Å². The fraction of sp³-hybridized carbons (Fsp3) is 0.286. The van der Waals surface area contributed by atoms with Crippen LogP contribution in [0.2, 0.25) is 5.02 Å². The minimum Gasteiger partial charge on any atom is -0.497 e. The Kier molecular flexibility index (Phi) is 6.67. The number of carbonyl (C=O) groups excluding carboxylic acids is 2. The van der Waals surface area contributed by atoms with Crippen LogP contribution in [-0.4, -0.2) is 31.5 Å². The van der Waals surface area contributed by atoms with E-state index in [0.29, 0.717) is 29.3 Å². The van der Waals surface area contributed by atoms with E-state index >= 15 is 0 Å². The topological polar surface area (TPSA) is 49.9 Å². The summed E-state index contributed by atoms with van der Waals surface area (Å²) in [6, 6.07) is 22.0. The lowest BCUT2D eigenvalue weighted by Crippen LogP contribution is -2.54. The van der Waals surface area contributed by atoms with Crippen molar-refractivity contribution in [2.24, 2.45) is 0 Å². The van der Waals surface area contributed by atoms with Crippen molar-refractivity contribution in [3.05, 3.63) is 88.9 Å². The molecule has 0 saturated heterocycles. The molecule has 1 aliphatic rings. The Morgan fingerprint density at radius 3 is 2.32 bits per heavy atom. The number of para-hydroxylation sites is 1. The maximum absolute atomic E-state index is 14.0. The number of hydrogen-bond acceptors (Lipinski definition) is 3. The van der Waals surface area contributed by atoms with Gasteiger partial charge in [0.2, 0.25) is 5.91 Å². The monoisotopic (exact) mass is 476 g/mol. The van der Waals surface area contributed by atoms with Gasteiger partial charge in [-0.1, -0.05) is 29.8 Å². The molecule has 2 amide bonds.